The third-order valence-corrected chi connectivity index (χ3v) is 5.83. The van der Waals surface area contributed by atoms with Gasteiger partial charge in [0, 0.05) is 18.1 Å². The molecule has 1 heterocycles. The monoisotopic (exact) mass is 428 g/mol. The average molecular weight is 429 g/mol. The number of ether oxygens (including phenoxy) is 2. The zero-order valence-electron chi connectivity index (χ0n) is 16.2. The third kappa shape index (κ3) is 5.26. The number of nitrogens with zero attached hydrogens (tertiary/aromatic N) is 1. The van der Waals surface area contributed by atoms with Crippen molar-refractivity contribution >= 4 is 29.3 Å². The third-order valence-electron chi connectivity index (χ3n) is 4.55. The molecule has 0 aliphatic carbocycles. The highest BCUT2D eigenvalue weighted by molar-refractivity contribution is 8.03. The summed E-state index contributed by atoms with van der Waals surface area (Å²) in [6, 6.07) is 15.4. The summed E-state index contributed by atoms with van der Waals surface area (Å²) < 4.78 is 10.9. The molecule has 1 aliphatic rings. The van der Waals surface area contributed by atoms with Gasteiger partial charge in [-0.2, -0.15) is 5.26 Å². The van der Waals surface area contributed by atoms with Crippen LogP contribution < -0.4 is 14.8 Å². The van der Waals surface area contributed by atoms with E-state index in [4.69, 9.17) is 21.1 Å². The minimum Gasteiger partial charge on any atom is -0.495 e. The number of carbonyl (C=O) groups excluding carboxylic acids is 1. The Bertz CT molecular complexity index is 967. The van der Waals surface area contributed by atoms with E-state index < -0.39 is 0 Å². The predicted molar refractivity (Wildman–Crippen MR) is 115 cm³/mol. The summed E-state index contributed by atoms with van der Waals surface area (Å²) in [6.07, 6.45) is 0.204. The van der Waals surface area contributed by atoms with Crippen LogP contribution in [0.25, 0.3) is 0 Å². The number of thioether (sulfide) groups is 1. The highest BCUT2D eigenvalue weighted by atomic mass is 35.5. The predicted octanol–water partition coefficient (Wildman–Crippen LogP) is 4.81. The molecule has 0 spiro atoms. The van der Waals surface area contributed by atoms with E-state index in [0.717, 1.165) is 11.3 Å². The number of nitrogens with one attached hydrogen (secondary N) is 1. The maximum atomic E-state index is 12.3. The largest absolute Gasteiger partial charge is 0.495 e. The van der Waals surface area contributed by atoms with Crippen LogP contribution >= 0.6 is 23.4 Å². The fourth-order valence-electron chi connectivity index (χ4n) is 3.05. The van der Waals surface area contributed by atoms with Crippen LogP contribution in [0.15, 0.2) is 53.1 Å². The van der Waals surface area contributed by atoms with Crippen LogP contribution in [0.5, 0.6) is 11.5 Å². The van der Waals surface area contributed by atoms with Crippen LogP contribution in [0.3, 0.4) is 0 Å². The summed E-state index contributed by atoms with van der Waals surface area (Å²) in [5.41, 5.74) is 2.52. The van der Waals surface area contributed by atoms with E-state index in [0.29, 0.717) is 33.7 Å². The van der Waals surface area contributed by atoms with Crippen molar-refractivity contribution in [2.45, 2.75) is 19.3 Å². The normalized spacial score (nSPS) is 16.2. The highest BCUT2D eigenvalue weighted by Gasteiger charge is 2.30. The SMILES string of the molecule is COc1ccc([C@@H]2CC(=O)NC(SCCOc3ccc(C)cc3)=C2C#N)cc1Cl. The van der Waals surface area contributed by atoms with E-state index >= 15 is 0 Å². The molecule has 0 unspecified atom stereocenters. The van der Waals surface area contributed by atoms with Gasteiger partial charge in [0.25, 0.3) is 0 Å². The second kappa shape index (κ2) is 9.73. The fraction of sp³-hybridized carbons (Fsp3) is 0.273. The maximum absolute atomic E-state index is 12.3. The van der Waals surface area contributed by atoms with E-state index in [1.807, 2.05) is 37.3 Å². The van der Waals surface area contributed by atoms with Crippen LogP contribution in [-0.4, -0.2) is 25.4 Å². The van der Waals surface area contributed by atoms with Crippen LogP contribution in [0, 0.1) is 18.3 Å². The quantitative estimate of drug-likeness (QED) is 0.641. The van der Waals surface area contributed by atoms with Crippen molar-refractivity contribution in [3.63, 3.8) is 0 Å². The lowest BCUT2D eigenvalue weighted by Crippen LogP contribution is -2.31. The average Bonchev–Trinajstić information content (AvgIpc) is 2.72. The van der Waals surface area contributed by atoms with Crippen LogP contribution in [0.2, 0.25) is 5.02 Å². The van der Waals surface area contributed by atoms with Gasteiger partial charge < -0.3 is 14.8 Å². The summed E-state index contributed by atoms with van der Waals surface area (Å²) in [7, 11) is 1.54. The van der Waals surface area contributed by atoms with Crippen molar-refractivity contribution in [1.82, 2.24) is 5.32 Å². The van der Waals surface area contributed by atoms with Crippen molar-refractivity contribution in [3.05, 3.63) is 69.2 Å². The summed E-state index contributed by atoms with van der Waals surface area (Å²) in [5.74, 6) is 1.50. The number of hydrogen-bond acceptors (Lipinski definition) is 5. The molecular weight excluding hydrogens is 408 g/mol. The molecule has 5 nitrogen and oxygen atoms in total. The smallest absolute Gasteiger partial charge is 0.225 e. The number of hydrogen-bond donors (Lipinski definition) is 1. The topological polar surface area (TPSA) is 71.3 Å². The molecule has 1 N–H and O–H groups in total. The van der Waals surface area contributed by atoms with Crippen molar-refractivity contribution < 1.29 is 14.3 Å². The second-order valence-corrected chi connectivity index (χ2v) is 8.08. The molecule has 2 aromatic rings. The Morgan fingerprint density at radius 1 is 1.28 bits per heavy atom. The Kier molecular flexibility index (Phi) is 7.08. The first-order valence-corrected chi connectivity index (χ1v) is 10.5. The minimum atomic E-state index is -0.335. The van der Waals surface area contributed by atoms with E-state index in [9.17, 15) is 10.1 Å². The maximum Gasteiger partial charge on any atom is 0.225 e. The summed E-state index contributed by atoms with van der Waals surface area (Å²) in [6.45, 7) is 2.48. The first-order valence-electron chi connectivity index (χ1n) is 9.11. The van der Waals surface area contributed by atoms with Crippen molar-refractivity contribution in [2.75, 3.05) is 19.5 Å². The zero-order chi connectivity index (χ0) is 20.8. The molecule has 0 fully saturated rings. The van der Waals surface area contributed by atoms with Crippen LogP contribution in [0.4, 0.5) is 0 Å². The van der Waals surface area contributed by atoms with Crippen LogP contribution in [-0.2, 0) is 4.79 Å². The highest BCUT2D eigenvalue weighted by Crippen LogP contribution is 2.38. The van der Waals surface area contributed by atoms with Crippen molar-refractivity contribution in [3.8, 4) is 17.6 Å². The van der Waals surface area contributed by atoms with E-state index in [2.05, 4.69) is 11.4 Å². The lowest BCUT2D eigenvalue weighted by atomic mass is 9.87. The molecule has 0 radical (unpaired) electrons. The molecule has 1 atom stereocenters. The number of allylic oxidation sites excluding steroid dienone is 1. The van der Waals surface area contributed by atoms with E-state index in [-0.39, 0.29) is 18.2 Å². The van der Waals surface area contributed by atoms with Gasteiger partial charge in [0.2, 0.25) is 5.91 Å². The number of nitriles is 1. The minimum absolute atomic E-state index is 0.122. The van der Waals surface area contributed by atoms with Gasteiger partial charge in [0.05, 0.1) is 35.4 Å². The molecule has 0 aromatic heterocycles. The summed E-state index contributed by atoms with van der Waals surface area (Å²) in [5, 5.41) is 13.6. The van der Waals surface area contributed by atoms with Crippen molar-refractivity contribution in [2.24, 2.45) is 0 Å². The van der Waals surface area contributed by atoms with Gasteiger partial charge in [-0.15, -0.1) is 11.8 Å². The molecular formula is C22H21ClN2O3S. The molecule has 0 saturated carbocycles. The lowest BCUT2D eigenvalue weighted by molar-refractivity contribution is -0.120. The number of amides is 1. The molecule has 0 bridgehead atoms. The van der Waals surface area contributed by atoms with E-state index in [1.54, 1.807) is 19.2 Å². The molecule has 150 valence electrons. The first kappa shape index (κ1) is 21.1. The Hall–Kier alpha value is -2.62. The summed E-state index contributed by atoms with van der Waals surface area (Å²) >= 11 is 7.65. The van der Waals surface area contributed by atoms with Gasteiger partial charge in [-0.3, -0.25) is 4.79 Å². The van der Waals surface area contributed by atoms with Gasteiger partial charge in [0.15, 0.2) is 0 Å². The number of rotatable bonds is 7. The molecule has 29 heavy (non-hydrogen) atoms. The first-order chi connectivity index (χ1) is 14.0. The molecule has 0 saturated heterocycles. The molecule has 3 rings (SSSR count). The molecule has 1 aliphatic heterocycles. The number of carbonyl (C=O) groups is 1. The Morgan fingerprint density at radius 2 is 2.03 bits per heavy atom. The number of methoxy groups -OCH3 is 1. The van der Waals surface area contributed by atoms with Gasteiger partial charge in [-0.25, -0.2) is 0 Å². The number of aryl methyl sites for hydroxylation is 1. The standard InChI is InChI=1S/C22H21ClN2O3S/c1-14-3-6-16(7-4-14)28-9-10-29-22-18(13-24)17(12-21(26)25-22)15-5-8-20(27-2)19(23)11-15/h3-8,11,17H,9-10,12H2,1-2H3,(H,25,26)/t17-/m0/s1. The number of halogens is 1. The van der Waals surface area contributed by atoms with Gasteiger partial charge in [0.1, 0.15) is 11.5 Å². The Morgan fingerprint density at radius 3 is 2.69 bits per heavy atom. The van der Waals surface area contributed by atoms with Crippen molar-refractivity contribution in [1.29, 1.82) is 5.26 Å². The Balaban J connectivity index is 1.71. The number of benzene rings is 2. The van der Waals surface area contributed by atoms with E-state index in [1.165, 1.54) is 17.3 Å². The molecule has 7 heteroatoms. The van der Waals surface area contributed by atoms with Gasteiger partial charge >= 0.3 is 0 Å². The molecule has 2 aromatic carbocycles. The summed E-state index contributed by atoms with van der Waals surface area (Å²) in [4.78, 5) is 12.3. The lowest BCUT2D eigenvalue weighted by Gasteiger charge is -2.25. The van der Waals surface area contributed by atoms with Gasteiger partial charge in [-0.05, 0) is 36.8 Å². The second-order valence-electron chi connectivity index (χ2n) is 6.56. The van der Waals surface area contributed by atoms with Gasteiger partial charge in [-0.1, -0.05) is 35.4 Å². The molecule has 1 amide bonds. The fourth-order valence-corrected chi connectivity index (χ4v) is 4.22. The Labute approximate surface area is 179 Å². The zero-order valence-corrected chi connectivity index (χ0v) is 17.8. The van der Waals surface area contributed by atoms with Crippen LogP contribution in [0.1, 0.15) is 23.5 Å².